The molecule has 0 radical (unpaired) electrons. The Morgan fingerprint density at radius 1 is 1.19 bits per heavy atom. The fraction of sp³-hybridized carbons (Fsp3) is 0.125. The van der Waals surface area contributed by atoms with Crippen molar-refractivity contribution in [1.82, 2.24) is 5.32 Å². The van der Waals surface area contributed by atoms with E-state index in [4.69, 9.17) is 0 Å². The van der Waals surface area contributed by atoms with Gasteiger partial charge in [0.2, 0.25) is 0 Å². The average molecular weight is 429 g/mol. The Morgan fingerprint density at radius 2 is 2.00 bits per heavy atom. The minimum absolute atomic E-state index is 0.0416. The molecule has 3 aromatic rings. The standard InChI is InChI=1S/C16H12Br2FNS/c1-20-15(9-5-10(17)7-11(19)6-9)13-8-21-16-12(13)3-2-4-14(16)18/h2-8,15,20H,1H3. The molecule has 0 saturated heterocycles. The fourth-order valence-corrected chi connectivity index (χ4v) is 4.64. The van der Waals surface area contributed by atoms with Crippen LogP contribution in [0.4, 0.5) is 4.39 Å². The number of benzene rings is 2. The summed E-state index contributed by atoms with van der Waals surface area (Å²) in [6.45, 7) is 0. The van der Waals surface area contributed by atoms with Gasteiger partial charge in [0, 0.05) is 13.6 Å². The maximum atomic E-state index is 13.7. The average Bonchev–Trinajstić information content (AvgIpc) is 2.84. The molecule has 1 heterocycles. The lowest BCUT2D eigenvalue weighted by Crippen LogP contribution is -2.17. The van der Waals surface area contributed by atoms with Gasteiger partial charge in [-0.25, -0.2) is 4.39 Å². The highest BCUT2D eigenvalue weighted by atomic mass is 79.9. The number of rotatable bonds is 3. The van der Waals surface area contributed by atoms with Gasteiger partial charge in [-0.3, -0.25) is 0 Å². The van der Waals surface area contributed by atoms with E-state index < -0.39 is 0 Å². The number of fused-ring (bicyclic) bond motifs is 1. The molecular formula is C16H12Br2FNS. The molecule has 1 atom stereocenters. The highest BCUT2D eigenvalue weighted by Crippen LogP contribution is 2.37. The van der Waals surface area contributed by atoms with E-state index in [-0.39, 0.29) is 11.9 Å². The van der Waals surface area contributed by atoms with E-state index in [1.54, 1.807) is 17.4 Å². The van der Waals surface area contributed by atoms with E-state index in [1.165, 1.54) is 16.2 Å². The van der Waals surface area contributed by atoms with Crippen LogP contribution in [0.25, 0.3) is 10.1 Å². The van der Waals surface area contributed by atoms with E-state index in [1.807, 2.05) is 25.2 Å². The third-order valence-corrected chi connectivity index (χ3v) is 5.83. The molecule has 2 aromatic carbocycles. The minimum atomic E-state index is -0.236. The lowest BCUT2D eigenvalue weighted by atomic mass is 9.98. The van der Waals surface area contributed by atoms with E-state index in [0.717, 1.165) is 20.1 Å². The molecule has 5 heteroatoms. The summed E-state index contributed by atoms with van der Waals surface area (Å²) in [6.07, 6.45) is 0. The second-order valence-corrected chi connectivity index (χ2v) is 7.38. The molecule has 3 rings (SSSR count). The fourth-order valence-electron chi connectivity index (χ4n) is 2.51. The van der Waals surface area contributed by atoms with Gasteiger partial charge in [0.25, 0.3) is 0 Å². The van der Waals surface area contributed by atoms with Crippen LogP contribution in [0.2, 0.25) is 0 Å². The number of thiophene rings is 1. The Kier molecular flexibility index (Phi) is 4.45. The van der Waals surface area contributed by atoms with Gasteiger partial charge in [-0.05, 0) is 69.1 Å². The molecule has 1 nitrogen and oxygen atoms in total. The van der Waals surface area contributed by atoms with Crippen molar-refractivity contribution in [2.45, 2.75) is 6.04 Å². The number of nitrogens with one attached hydrogen (secondary N) is 1. The van der Waals surface area contributed by atoms with Crippen molar-refractivity contribution >= 4 is 53.3 Å². The predicted molar refractivity (Wildman–Crippen MR) is 94.5 cm³/mol. The minimum Gasteiger partial charge on any atom is -0.309 e. The van der Waals surface area contributed by atoms with Crippen molar-refractivity contribution in [3.63, 3.8) is 0 Å². The summed E-state index contributed by atoms with van der Waals surface area (Å²) in [7, 11) is 1.89. The Labute approximate surface area is 143 Å². The third-order valence-electron chi connectivity index (χ3n) is 3.40. The van der Waals surface area contributed by atoms with Gasteiger partial charge in [0.15, 0.2) is 0 Å². The number of hydrogen-bond acceptors (Lipinski definition) is 2. The molecule has 1 unspecified atom stereocenters. The molecule has 0 saturated carbocycles. The SMILES string of the molecule is CNC(c1cc(F)cc(Br)c1)c1csc2c(Br)cccc12. The zero-order valence-corrected chi connectivity index (χ0v) is 15.1. The summed E-state index contributed by atoms with van der Waals surface area (Å²) in [6, 6.07) is 11.1. The first-order chi connectivity index (χ1) is 10.1. The first-order valence-corrected chi connectivity index (χ1v) is 8.85. The second kappa shape index (κ2) is 6.16. The molecule has 0 amide bonds. The van der Waals surface area contributed by atoms with Crippen molar-refractivity contribution in [2.75, 3.05) is 7.05 Å². The van der Waals surface area contributed by atoms with Crippen LogP contribution in [0.5, 0.6) is 0 Å². The van der Waals surface area contributed by atoms with Gasteiger partial charge in [0.05, 0.1) is 6.04 Å². The van der Waals surface area contributed by atoms with Crippen molar-refractivity contribution in [2.24, 2.45) is 0 Å². The lowest BCUT2D eigenvalue weighted by Gasteiger charge is -2.17. The summed E-state index contributed by atoms with van der Waals surface area (Å²) >= 11 is 8.64. The van der Waals surface area contributed by atoms with Crippen LogP contribution in [0, 0.1) is 5.82 Å². The Hall–Kier alpha value is -0.750. The van der Waals surface area contributed by atoms with Crippen LogP contribution in [-0.4, -0.2) is 7.05 Å². The molecule has 1 N–H and O–H groups in total. The first kappa shape index (κ1) is 15.2. The molecule has 0 fully saturated rings. The molecule has 0 aliphatic carbocycles. The monoisotopic (exact) mass is 427 g/mol. The van der Waals surface area contributed by atoms with Gasteiger partial charge >= 0.3 is 0 Å². The maximum absolute atomic E-state index is 13.7. The highest BCUT2D eigenvalue weighted by molar-refractivity contribution is 9.11. The zero-order chi connectivity index (χ0) is 15.0. The van der Waals surface area contributed by atoms with Crippen molar-refractivity contribution < 1.29 is 4.39 Å². The molecule has 1 aromatic heterocycles. The van der Waals surface area contributed by atoms with E-state index in [9.17, 15) is 4.39 Å². The molecule has 108 valence electrons. The number of hydrogen-bond donors (Lipinski definition) is 1. The normalized spacial score (nSPS) is 12.8. The third kappa shape index (κ3) is 2.93. The van der Waals surface area contributed by atoms with Crippen molar-refractivity contribution in [3.8, 4) is 0 Å². The van der Waals surface area contributed by atoms with Crippen LogP contribution in [0.3, 0.4) is 0 Å². The zero-order valence-electron chi connectivity index (χ0n) is 11.2. The lowest BCUT2D eigenvalue weighted by molar-refractivity contribution is 0.616. The number of halogens is 3. The summed E-state index contributed by atoms with van der Waals surface area (Å²) < 4.78 is 16.7. The van der Waals surface area contributed by atoms with Crippen LogP contribution in [0.15, 0.2) is 50.7 Å². The summed E-state index contributed by atoms with van der Waals surface area (Å²) in [4.78, 5) is 0. The van der Waals surface area contributed by atoms with E-state index in [2.05, 4.69) is 48.6 Å². The van der Waals surface area contributed by atoms with Gasteiger partial charge < -0.3 is 5.32 Å². The molecule has 0 spiro atoms. The van der Waals surface area contributed by atoms with E-state index in [0.29, 0.717) is 0 Å². The van der Waals surface area contributed by atoms with Crippen molar-refractivity contribution in [1.29, 1.82) is 0 Å². The Balaban J connectivity index is 2.16. The molecule has 0 bridgehead atoms. The molecule has 21 heavy (non-hydrogen) atoms. The van der Waals surface area contributed by atoms with Crippen LogP contribution in [0.1, 0.15) is 17.2 Å². The van der Waals surface area contributed by atoms with Gasteiger partial charge in [-0.1, -0.05) is 28.1 Å². The first-order valence-electron chi connectivity index (χ1n) is 6.39. The summed E-state index contributed by atoms with van der Waals surface area (Å²) in [5, 5.41) is 6.61. The Morgan fingerprint density at radius 3 is 2.71 bits per heavy atom. The summed E-state index contributed by atoms with van der Waals surface area (Å²) in [5.74, 6) is -0.236. The van der Waals surface area contributed by atoms with Crippen LogP contribution >= 0.6 is 43.2 Å². The molecule has 0 aliphatic rings. The van der Waals surface area contributed by atoms with Crippen LogP contribution < -0.4 is 5.32 Å². The Bertz CT molecular complexity index is 780. The highest BCUT2D eigenvalue weighted by Gasteiger charge is 2.18. The van der Waals surface area contributed by atoms with Gasteiger partial charge in [-0.15, -0.1) is 11.3 Å². The quantitative estimate of drug-likeness (QED) is 0.549. The smallest absolute Gasteiger partial charge is 0.124 e. The van der Waals surface area contributed by atoms with Gasteiger partial charge in [0.1, 0.15) is 5.82 Å². The molecular weight excluding hydrogens is 417 g/mol. The summed E-state index contributed by atoms with van der Waals surface area (Å²) in [5.41, 5.74) is 2.07. The van der Waals surface area contributed by atoms with E-state index >= 15 is 0 Å². The predicted octanol–water partition coefficient (Wildman–Crippen LogP) is 5.87. The second-order valence-electron chi connectivity index (χ2n) is 4.73. The largest absolute Gasteiger partial charge is 0.309 e. The van der Waals surface area contributed by atoms with Crippen molar-refractivity contribution in [3.05, 3.63) is 67.7 Å². The molecule has 0 aliphatic heterocycles. The van der Waals surface area contributed by atoms with Gasteiger partial charge in [-0.2, -0.15) is 0 Å². The topological polar surface area (TPSA) is 12.0 Å². The maximum Gasteiger partial charge on any atom is 0.124 e. The van der Waals surface area contributed by atoms with Crippen LogP contribution in [-0.2, 0) is 0 Å².